The summed E-state index contributed by atoms with van der Waals surface area (Å²) in [6.07, 6.45) is 1.56. The van der Waals surface area contributed by atoms with E-state index in [0.29, 0.717) is 17.8 Å². The van der Waals surface area contributed by atoms with Gasteiger partial charge in [-0.15, -0.1) is 6.58 Å². The molecule has 1 aromatic carbocycles. The van der Waals surface area contributed by atoms with Crippen LogP contribution in [0.2, 0.25) is 0 Å². The fraction of sp³-hybridized carbons (Fsp3) is 0.267. The minimum atomic E-state index is -0.284. The van der Waals surface area contributed by atoms with E-state index < -0.39 is 0 Å². The Labute approximate surface area is 118 Å². The number of rotatable bonds is 6. The third kappa shape index (κ3) is 4.35. The first kappa shape index (κ1) is 15.6. The molecule has 5 heteroatoms. The van der Waals surface area contributed by atoms with Crippen LogP contribution in [0.25, 0.3) is 0 Å². The number of benzene rings is 1. The Morgan fingerprint density at radius 1 is 1.30 bits per heavy atom. The molecule has 0 saturated heterocycles. The van der Waals surface area contributed by atoms with Crippen LogP contribution in [0.5, 0.6) is 0 Å². The third-order valence-electron chi connectivity index (χ3n) is 2.69. The molecule has 0 aromatic heterocycles. The molecular formula is C15H18N2O3. The normalized spacial score (nSPS) is 9.70. The predicted octanol–water partition coefficient (Wildman–Crippen LogP) is 1.54. The summed E-state index contributed by atoms with van der Waals surface area (Å²) in [5.41, 5.74) is 1.03. The number of hydrogen-bond donors (Lipinski definition) is 1. The van der Waals surface area contributed by atoms with Crippen molar-refractivity contribution in [1.82, 2.24) is 5.32 Å². The number of carbonyl (C=O) groups is 3. The Morgan fingerprint density at radius 2 is 2.00 bits per heavy atom. The van der Waals surface area contributed by atoms with Gasteiger partial charge in [0.15, 0.2) is 5.78 Å². The van der Waals surface area contributed by atoms with Crippen LogP contribution in [0.1, 0.15) is 24.2 Å². The molecule has 0 heterocycles. The first-order chi connectivity index (χ1) is 9.45. The van der Waals surface area contributed by atoms with Gasteiger partial charge in [-0.3, -0.25) is 14.4 Å². The lowest BCUT2D eigenvalue weighted by molar-refractivity contribution is -0.122. The molecular weight excluding hydrogens is 256 g/mol. The maximum atomic E-state index is 11.7. The molecule has 0 aliphatic rings. The van der Waals surface area contributed by atoms with E-state index in [1.807, 2.05) is 0 Å². The van der Waals surface area contributed by atoms with Crippen LogP contribution < -0.4 is 10.2 Å². The Kier molecular flexibility index (Phi) is 5.65. The fourth-order valence-electron chi connectivity index (χ4n) is 1.66. The monoisotopic (exact) mass is 274 g/mol. The Bertz CT molecular complexity index is 538. The number of ketones is 1. The van der Waals surface area contributed by atoms with Gasteiger partial charge in [0.1, 0.15) is 6.54 Å². The molecule has 0 fully saturated rings. The first-order valence-electron chi connectivity index (χ1n) is 6.22. The molecule has 5 nitrogen and oxygen atoms in total. The van der Waals surface area contributed by atoms with Crippen LogP contribution in [0.3, 0.4) is 0 Å². The highest BCUT2D eigenvalue weighted by Crippen LogP contribution is 2.16. The van der Waals surface area contributed by atoms with E-state index in [1.54, 1.807) is 30.3 Å². The summed E-state index contributed by atoms with van der Waals surface area (Å²) in [5.74, 6) is -0.640. The summed E-state index contributed by atoms with van der Waals surface area (Å²) < 4.78 is 0. The molecule has 1 N–H and O–H groups in total. The molecule has 0 unspecified atom stereocenters. The van der Waals surface area contributed by atoms with E-state index in [2.05, 4.69) is 11.9 Å². The maximum Gasteiger partial charge on any atom is 0.240 e. The standard InChI is InChI=1S/C15H18N2O3/c1-4-8-16-15(20)10-17(12(3)19)14-7-5-6-13(9-14)11(2)18/h4-7,9H,1,8,10H2,2-3H3,(H,16,20). The topological polar surface area (TPSA) is 66.5 Å². The second-order valence-electron chi connectivity index (χ2n) is 4.30. The van der Waals surface area contributed by atoms with E-state index in [9.17, 15) is 14.4 Å². The molecule has 106 valence electrons. The average molecular weight is 274 g/mol. The highest BCUT2D eigenvalue weighted by Gasteiger charge is 2.16. The molecule has 0 aliphatic heterocycles. The predicted molar refractivity (Wildman–Crippen MR) is 77.7 cm³/mol. The average Bonchev–Trinajstić information content (AvgIpc) is 2.42. The molecule has 2 amide bonds. The lowest BCUT2D eigenvalue weighted by Crippen LogP contribution is -2.39. The van der Waals surface area contributed by atoms with E-state index in [4.69, 9.17) is 0 Å². The van der Waals surface area contributed by atoms with Crippen LogP contribution in [0.4, 0.5) is 5.69 Å². The zero-order valence-electron chi connectivity index (χ0n) is 11.7. The zero-order chi connectivity index (χ0) is 15.1. The van der Waals surface area contributed by atoms with Gasteiger partial charge in [-0.1, -0.05) is 18.2 Å². The summed E-state index contributed by atoms with van der Waals surface area (Å²) in [4.78, 5) is 36.0. The highest BCUT2D eigenvalue weighted by molar-refractivity contribution is 6.00. The van der Waals surface area contributed by atoms with Gasteiger partial charge >= 0.3 is 0 Å². The van der Waals surface area contributed by atoms with E-state index >= 15 is 0 Å². The minimum Gasteiger partial charge on any atom is -0.351 e. The van der Waals surface area contributed by atoms with Gasteiger partial charge in [0.25, 0.3) is 0 Å². The number of nitrogens with zero attached hydrogens (tertiary/aromatic N) is 1. The molecule has 1 aromatic rings. The smallest absolute Gasteiger partial charge is 0.240 e. The van der Waals surface area contributed by atoms with E-state index in [0.717, 1.165) is 0 Å². The number of amides is 2. The zero-order valence-corrected chi connectivity index (χ0v) is 11.7. The van der Waals surface area contributed by atoms with Crippen molar-refractivity contribution in [2.75, 3.05) is 18.0 Å². The molecule has 0 saturated carbocycles. The molecule has 0 spiro atoms. The van der Waals surface area contributed by atoms with Crippen molar-refractivity contribution in [2.24, 2.45) is 0 Å². The van der Waals surface area contributed by atoms with Crippen molar-refractivity contribution in [1.29, 1.82) is 0 Å². The van der Waals surface area contributed by atoms with Crippen LogP contribution in [0, 0.1) is 0 Å². The van der Waals surface area contributed by atoms with Gasteiger partial charge < -0.3 is 10.2 Å². The van der Waals surface area contributed by atoms with E-state index in [1.165, 1.54) is 18.7 Å². The molecule has 0 atom stereocenters. The van der Waals surface area contributed by atoms with Crippen molar-refractivity contribution in [2.45, 2.75) is 13.8 Å². The van der Waals surface area contributed by atoms with Crippen molar-refractivity contribution < 1.29 is 14.4 Å². The van der Waals surface area contributed by atoms with Crippen LogP contribution >= 0.6 is 0 Å². The van der Waals surface area contributed by atoms with Crippen molar-refractivity contribution in [3.63, 3.8) is 0 Å². The molecule has 0 radical (unpaired) electrons. The summed E-state index contributed by atoms with van der Waals surface area (Å²) in [5, 5.41) is 2.61. The van der Waals surface area contributed by atoms with Crippen LogP contribution in [-0.4, -0.2) is 30.7 Å². The Morgan fingerprint density at radius 3 is 2.55 bits per heavy atom. The Balaban J connectivity index is 2.93. The Hall–Kier alpha value is -2.43. The molecule has 0 bridgehead atoms. The minimum absolute atomic E-state index is 0.0912. The maximum absolute atomic E-state index is 11.7. The highest BCUT2D eigenvalue weighted by atomic mass is 16.2. The summed E-state index contributed by atoms with van der Waals surface area (Å²) in [6, 6.07) is 6.64. The van der Waals surface area contributed by atoms with Gasteiger partial charge in [0.05, 0.1) is 0 Å². The molecule has 1 rings (SSSR count). The number of nitrogens with one attached hydrogen (secondary N) is 1. The quantitative estimate of drug-likeness (QED) is 0.632. The van der Waals surface area contributed by atoms with E-state index in [-0.39, 0.29) is 24.1 Å². The van der Waals surface area contributed by atoms with Gasteiger partial charge in [-0.25, -0.2) is 0 Å². The summed E-state index contributed by atoms with van der Waals surface area (Å²) >= 11 is 0. The lowest BCUT2D eigenvalue weighted by Gasteiger charge is -2.21. The van der Waals surface area contributed by atoms with Crippen molar-refractivity contribution in [3.8, 4) is 0 Å². The van der Waals surface area contributed by atoms with Crippen molar-refractivity contribution in [3.05, 3.63) is 42.5 Å². The lowest BCUT2D eigenvalue weighted by atomic mass is 10.1. The second-order valence-corrected chi connectivity index (χ2v) is 4.30. The number of hydrogen-bond acceptors (Lipinski definition) is 3. The van der Waals surface area contributed by atoms with Gasteiger partial charge in [0, 0.05) is 24.7 Å². The third-order valence-corrected chi connectivity index (χ3v) is 2.69. The van der Waals surface area contributed by atoms with Gasteiger partial charge in [0.2, 0.25) is 11.8 Å². The van der Waals surface area contributed by atoms with Gasteiger partial charge in [-0.05, 0) is 19.1 Å². The first-order valence-corrected chi connectivity index (χ1v) is 6.22. The summed E-state index contributed by atoms with van der Waals surface area (Å²) in [7, 11) is 0. The fourth-order valence-corrected chi connectivity index (χ4v) is 1.66. The number of carbonyl (C=O) groups excluding carboxylic acids is 3. The summed E-state index contributed by atoms with van der Waals surface area (Å²) in [6.45, 7) is 6.58. The number of anilines is 1. The SMILES string of the molecule is C=CCNC(=O)CN(C(C)=O)c1cccc(C(C)=O)c1. The largest absolute Gasteiger partial charge is 0.351 e. The van der Waals surface area contributed by atoms with Crippen molar-refractivity contribution >= 4 is 23.3 Å². The van der Waals surface area contributed by atoms with Gasteiger partial charge in [-0.2, -0.15) is 0 Å². The molecule has 0 aliphatic carbocycles. The van der Waals surface area contributed by atoms with Crippen LogP contribution in [0.15, 0.2) is 36.9 Å². The number of Topliss-reactive ketones (excluding diaryl/α,β-unsaturated/α-hetero) is 1. The molecule has 20 heavy (non-hydrogen) atoms. The van der Waals surface area contributed by atoms with Crippen LogP contribution in [-0.2, 0) is 9.59 Å². The second kappa shape index (κ2) is 7.23.